The monoisotopic (exact) mass is 283 g/mol. The van der Waals surface area contributed by atoms with E-state index in [2.05, 4.69) is 0 Å². The molecule has 0 fully saturated rings. The molecule has 4 nitrogen and oxygen atoms in total. The van der Waals surface area contributed by atoms with Gasteiger partial charge in [-0.15, -0.1) is 0 Å². The van der Waals surface area contributed by atoms with E-state index in [9.17, 15) is 13.5 Å². The lowest BCUT2D eigenvalue weighted by Crippen LogP contribution is -2.35. The highest BCUT2D eigenvalue weighted by Gasteiger charge is 2.23. The quantitative estimate of drug-likeness (QED) is 0.917. The van der Waals surface area contributed by atoms with Crippen LogP contribution in [0.25, 0.3) is 0 Å². The van der Waals surface area contributed by atoms with Crippen LogP contribution in [-0.4, -0.2) is 30.6 Å². The van der Waals surface area contributed by atoms with Crippen LogP contribution in [0.4, 0.5) is 0 Å². The summed E-state index contributed by atoms with van der Waals surface area (Å²) >= 11 is 0. The van der Waals surface area contributed by atoms with Gasteiger partial charge in [-0.1, -0.05) is 31.5 Å². The van der Waals surface area contributed by atoms with E-state index in [1.807, 2.05) is 25.1 Å². The Labute approximate surface area is 115 Å². The van der Waals surface area contributed by atoms with E-state index in [-0.39, 0.29) is 0 Å². The minimum Gasteiger partial charge on any atom is -0.388 e. The average Bonchev–Trinajstić information content (AvgIpc) is 2.36. The molecule has 106 valence electrons. The number of nitrogens with zero attached hydrogens (tertiary/aromatic N) is 1. The largest absolute Gasteiger partial charge is 0.388 e. The molecule has 1 heterocycles. The topological polar surface area (TPSA) is 57.6 Å². The number of hydrogen-bond acceptors (Lipinski definition) is 3. The van der Waals surface area contributed by atoms with Gasteiger partial charge in [0.2, 0.25) is 10.0 Å². The van der Waals surface area contributed by atoms with Crippen molar-refractivity contribution in [2.24, 2.45) is 0 Å². The Hall–Kier alpha value is -0.910. The molecule has 1 aromatic rings. The van der Waals surface area contributed by atoms with Crippen molar-refractivity contribution >= 4 is 10.0 Å². The molecule has 0 aromatic heterocycles. The zero-order valence-corrected chi connectivity index (χ0v) is 12.3. The summed E-state index contributed by atoms with van der Waals surface area (Å²) in [6.45, 7) is 3.00. The molecule has 1 aromatic carbocycles. The molecule has 0 aliphatic carbocycles. The average molecular weight is 283 g/mol. The van der Waals surface area contributed by atoms with Crippen LogP contribution in [0, 0.1) is 0 Å². The van der Waals surface area contributed by atoms with Gasteiger partial charge in [-0.05, 0) is 29.5 Å². The first-order chi connectivity index (χ1) is 8.91. The second-order valence-electron chi connectivity index (χ2n) is 5.18. The third-order valence-corrected chi connectivity index (χ3v) is 4.87. The van der Waals surface area contributed by atoms with Gasteiger partial charge in [-0.2, -0.15) is 4.31 Å². The van der Waals surface area contributed by atoms with E-state index in [1.165, 1.54) is 16.1 Å². The summed E-state index contributed by atoms with van der Waals surface area (Å²) in [6.07, 6.45) is 3.19. The van der Waals surface area contributed by atoms with Gasteiger partial charge in [-0.25, -0.2) is 8.42 Å². The van der Waals surface area contributed by atoms with Crippen LogP contribution in [0.5, 0.6) is 0 Å². The minimum absolute atomic E-state index is 0.418. The fourth-order valence-electron chi connectivity index (χ4n) is 2.48. The lowest BCUT2D eigenvalue weighted by atomic mass is 9.95. The van der Waals surface area contributed by atoms with Gasteiger partial charge in [0, 0.05) is 13.1 Å². The van der Waals surface area contributed by atoms with E-state index >= 15 is 0 Å². The van der Waals surface area contributed by atoms with Crippen molar-refractivity contribution in [3.63, 3.8) is 0 Å². The number of sulfonamides is 1. The number of benzene rings is 1. The molecule has 0 saturated heterocycles. The number of aliphatic hydroxyl groups is 1. The standard InChI is InChI=1S/C14H21NO3S/c1-3-4-14(16)12-6-5-11-7-8-15(19(2,17)18)10-13(11)9-12/h5-6,9,14,16H,3-4,7-8,10H2,1-2H3. The molecule has 19 heavy (non-hydrogen) atoms. The molecule has 0 amide bonds. The van der Waals surface area contributed by atoms with Crippen LogP contribution in [0.2, 0.25) is 0 Å². The molecule has 1 N–H and O–H groups in total. The van der Waals surface area contributed by atoms with Crippen LogP contribution in [0.3, 0.4) is 0 Å². The van der Waals surface area contributed by atoms with E-state index in [0.29, 0.717) is 13.1 Å². The summed E-state index contributed by atoms with van der Waals surface area (Å²) in [5.41, 5.74) is 3.09. The number of fused-ring (bicyclic) bond motifs is 1. The molecule has 5 heteroatoms. The van der Waals surface area contributed by atoms with Crippen LogP contribution >= 0.6 is 0 Å². The molecule has 0 saturated carbocycles. The smallest absolute Gasteiger partial charge is 0.211 e. The molecule has 0 spiro atoms. The Morgan fingerprint density at radius 3 is 2.74 bits per heavy atom. The maximum atomic E-state index is 11.6. The maximum Gasteiger partial charge on any atom is 0.211 e. The van der Waals surface area contributed by atoms with Gasteiger partial charge in [-0.3, -0.25) is 0 Å². The molecular weight excluding hydrogens is 262 g/mol. The SMILES string of the molecule is CCCC(O)c1ccc2c(c1)CN(S(C)(=O)=O)CC2. The maximum absolute atomic E-state index is 11.6. The summed E-state index contributed by atoms with van der Waals surface area (Å²) < 4.78 is 24.7. The first kappa shape index (κ1) is 14.5. The molecule has 1 aliphatic rings. The Morgan fingerprint density at radius 2 is 2.11 bits per heavy atom. The first-order valence-corrected chi connectivity index (χ1v) is 8.51. The van der Waals surface area contributed by atoms with Crippen LogP contribution < -0.4 is 0 Å². The van der Waals surface area contributed by atoms with Crippen molar-refractivity contribution in [1.82, 2.24) is 4.31 Å². The van der Waals surface area contributed by atoms with E-state index in [0.717, 1.165) is 30.4 Å². The molecule has 0 radical (unpaired) electrons. The van der Waals surface area contributed by atoms with E-state index in [4.69, 9.17) is 0 Å². The summed E-state index contributed by atoms with van der Waals surface area (Å²) in [7, 11) is -3.14. The van der Waals surface area contributed by atoms with E-state index in [1.54, 1.807) is 0 Å². The summed E-state index contributed by atoms with van der Waals surface area (Å²) in [5.74, 6) is 0. The lowest BCUT2D eigenvalue weighted by molar-refractivity contribution is 0.166. The Kier molecular flexibility index (Phi) is 4.28. The third kappa shape index (κ3) is 3.35. The molecule has 0 bridgehead atoms. The zero-order valence-electron chi connectivity index (χ0n) is 11.5. The summed E-state index contributed by atoms with van der Waals surface area (Å²) in [4.78, 5) is 0. The zero-order chi connectivity index (χ0) is 14.0. The minimum atomic E-state index is -3.14. The fourth-order valence-corrected chi connectivity index (χ4v) is 3.28. The van der Waals surface area contributed by atoms with Gasteiger partial charge in [0.05, 0.1) is 12.4 Å². The highest BCUT2D eigenvalue weighted by atomic mass is 32.2. The molecule has 1 aliphatic heterocycles. The lowest BCUT2D eigenvalue weighted by Gasteiger charge is -2.27. The Balaban J connectivity index is 2.25. The molecule has 2 rings (SSSR count). The predicted octanol–water partition coefficient (Wildman–Crippen LogP) is 1.84. The highest BCUT2D eigenvalue weighted by Crippen LogP contribution is 2.26. The number of hydrogen-bond donors (Lipinski definition) is 1. The van der Waals surface area contributed by atoms with Gasteiger partial charge in [0.1, 0.15) is 0 Å². The van der Waals surface area contributed by atoms with Crippen LogP contribution in [-0.2, 0) is 23.0 Å². The highest BCUT2D eigenvalue weighted by molar-refractivity contribution is 7.88. The van der Waals surface area contributed by atoms with Crippen LogP contribution in [0.1, 0.15) is 42.6 Å². The van der Waals surface area contributed by atoms with Gasteiger partial charge in [0.25, 0.3) is 0 Å². The van der Waals surface area contributed by atoms with Crippen molar-refractivity contribution in [2.75, 3.05) is 12.8 Å². The number of aliphatic hydroxyl groups excluding tert-OH is 1. The first-order valence-electron chi connectivity index (χ1n) is 6.66. The Bertz CT molecular complexity index is 554. The van der Waals surface area contributed by atoms with Crippen LogP contribution in [0.15, 0.2) is 18.2 Å². The van der Waals surface area contributed by atoms with Crippen molar-refractivity contribution < 1.29 is 13.5 Å². The second kappa shape index (κ2) is 5.61. The van der Waals surface area contributed by atoms with Crippen molar-refractivity contribution in [2.45, 2.75) is 38.8 Å². The Morgan fingerprint density at radius 1 is 1.37 bits per heavy atom. The fraction of sp³-hybridized carbons (Fsp3) is 0.571. The van der Waals surface area contributed by atoms with Crippen molar-refractivity contribution in [3.05, 3.63) is 34.9 Å². The molecule has 1 unspecified atom stereocenters. The van der Waals surface area contributed by atoms with E-state index < -0.39 is 16.1 Å². The molecule has 1 atom stereocenters. The molecular formula is C14H21NO3S. The van der Waals surface area contributed by atoms with Gasteiger partial charge in [0.15, 0.2) is 0 Å². The van der Waals surface area contributed by atoms with Gasteiger partial charge < -0.3 is 5.11 Å². The van der Waals surface area contributed by atoms with Crippen molar-refractivity contribution in [1.29, 1.82) is 0 Å². The second-order valence-corrected chi connectivity index (χ2v) is 7.16. The third-order valence-electron chi connectivity index (χ3n) is 3.62. The summed E-state index contributed by atoms with van der Waals surface area (Å²) in [5, 5.41) is 10.0. The predicted molar refractivity (Wildman–Crippen MR) is 75.3 cm³/mol. The summed E-state index contributed by atoms with van der Waals surface area (Å²) in [6, 6.07) is 5.92. The van der Waals surface area contributed by atoms with Gasteiger partial charge >= 0.3 is 0 Å². The van der Waals surface area contributed by atoms with Crippen molar-refractivity contribution in [3.8, 4) is 0 Å². The normalized spacial score (nSPS) is 18.1. The number of rotatable bonds is 4.